The van der Waals surface area contributed by atoms with Crippen LogP contribution in [0.3, 0.4) is 0 Å². The SMILES string of the molecule is Cc1ncnc2c(F)c(Nc3ccc(I)cc3F)c(NS(=O)(=O)C3(CCO)CC3)cc12. The van der Waals surface area contributed by atoms with Crippen molar-refractivity contribution in [2.24, 2.45) is 0 Å². The molecule has 1 aromatic heterocycles. The number of aryl methyl sites for hydroxylation is 1. The molecule has 0 spiro atoms. The van der Waals surface area contributed by atoms with Gasteiger partial charge in [-0.1, -0.05) is 0 Å². The van der Waals surface area contributed by atoms with E-state index in [1.807, 2.05) is 22.6 Å². The molecule has 0 unspecified atom stereocenters. The second-order valence-electron chi connectivity index (χ2n) is 7.48. The summed E-state index contributed by atoms with van der Waals surface area (Å²) < 4.78 is 58.0. The van der Waals surface area contributed by atoms with Crippen molar-refractivity contribution in [1.82, 2.24) is 9.97 Å². The first-order chi connectivity index (χ1) is 14.7. The van der Waals surface area contributed by atoms with Gasteiger partial charge in [-0.25, -0.2) is 27.2 Å². The summed E-state index contributed by atoms with van der Waals surface area (Å²) in [5.74, 6) is -1.44. The molecule has 0 radical (unpaired) electrons. The number of aliphatic hydroxyl groups is 1. The number of rotatable bonds is 7. The van der Waals surface area contributed by atoms with Gasteiger partial charge in [0, 0.05) is 21.3 Å². The van der Waals surface area contributed by atoms with E-state index in [9.17, 15) is 17.9 Å². The first-order valence-electron chi connectivity index (χ1n) is 9.46. The molecule has 0 saturated heterocycles. The second kappa shape index (κ2) is 8.10. The molecule has 164 valence electrons. The standard InChI is InChI=1S/C20H19F2IN4O3S/c1-11-13-9-16(27-31(29,30)20(4-5-20)6-7-28)19(17(22)18(13)25-10-24-11)26-15-3-2-12(23)8-14(15)21/h2-3,8-10,26-28H,4-7H2,1H3. The summed E-state index contributed by atoms with van der Waals surface area (Å²) >= 11 is 1.95. The Morgan fingerprint density at radius 2 is 1.94 bits per heavy atom. The van der Waals surface area contributed by atoms with E-state index in [1.165, 1.54) is 24.5 Å². The van der Waals surface area contributed by atoms with Gasteiger partial charge >= 0.3 is 0 Å². The maximum absolute atomic E-state index is 15.5. The maximum Gasteiger partial charge on any atom is 0.238 e. The molecule has 3 aromatic rings. The van der Waals surface area contributed by atoms with Crippen molar-refractivity contribution in [3.05, 3.63) is 51.5 Å². The summed E-state index contributed by atoms with van der Waals surface area (Å²) in [5.41, 5.74) is 0.119. The predicted molar refractivity (Wildman–Crippen MR) is 123 cm³/mol. The first kappa shape index (κ1) is 22.1. The largest absolute Gasteiger partial charge is 0.396 e. The third-order valence-electron chi connectivity index (χ3n) is 5.45. The van der Waals surface area contributed by atoms with Gasteiger partial charge in [0.25, 0.3) is 0 Å². The Labute approximate surface area is 191 Å². The van der Waals surface area contributed by atoms with Crippen LogP contribution in [0.15, 0.2) is 30.6 Å². The van der Waals surface area contributed by atoms with Crippen LogP contribution in [0.2, 0.25) is 0 Å². The molecule has 1 fully saturated rings. The van der Waals surface area contributed by atoms with Crippen LogP contribution in [-0.2, 0) is 10.0 Å². The quantitative estimate of drug-likeness (QED) is 0.374. The number of fused-ring (bicyclic) bond motifs is 1. The Balaban J connectivity index is 1.86. The third-order valence-corrected chi connectivity index (χ3v) is 8.36. The van der Waals surface area contributed by atoms with Crippen molar-refractivity contribution in [2.75, 3.05) is 16.6 Å². The number of aliphatic hydroxyl groups excluding tert-OH is 1. The highest BCUT2D eigenvalue weighted by Gasteiger charge is 2.54. The van der Waals surface area contributed by atoms with Gasteiger partial charge in [0.1, 0.15) is 23.3 Å². The fourth-order valence-electron chi connectivity index (χ4n) is 3.46. The molecule has 0 amide bonds. The molecule has 0 aliphatic heterocycles. The van der Waals surface area contributed by atoms with Gasteiger partial charge in [-0.05, 0) is 73.0 Å². The van der Waals surface area contributed by atoms with Crippen LogP contribution in [0.25, 0.3) is 10.9 Å². The summed E-state index contributed by atoms with van der Waals surface area (Å²) in [7, 11) is -3.95. The fourth-order valence-corrected chi connectivity index (χ4v) is 5.58. The van der Waals surface area contributed by atoms with Gasteiger partial charge < -0.3 is 10.4 Å². The van der Waals surface area contributed by atoms with E-state index < -0.39 is 26.4 Å². The van der Waals surface area contributed by atoms with Crippen molar-refractivity contribution in [1.29, 1.82) is 0 Å². The molecular weight excluding hydrogens is 541 g/mol. The van der Waals surface area contributed by atoms with Gasteiger partial charge in [0.15, 0.2) is 5.82 Å². The third kappa shape index (κ3) is 4.05. The van der Waals surface area contributed by atoms with Crippen LogP contribution >= 0.6 is 22.6 Å². The number of nitrogens with one attached hydrogen (secondary N) is 2. The fraction of sp³-hybridized carbons (Fsp3) is 0.300. The Morgan fingerprint density at radius 1 is 1.19 bits per heavy atom. The molecule has 11 heteroatoms. The zero-order valence-corrected chi connectivity index (χ0v) is 19.4. The Morgan fingerprint density at radius 3 is 2.58 bits per heavy atom. The van der Waals surface area contributed by atoms with E-state index in [-0.39, 0.29) is 35.6 Å². The summed E-state index contributed by atoms with van der Waals surface area (Å²) in [4.78, 5) is 8.02. The molecule has 0 bridgehead atoms. The summed E-state index contributed by atoms with van der Waals surface area (Å²) in [6.07, 6.45) is 2.08. The van der Waals surface area contributed by atoms with Crippen LogP contribution < -0.4 is 10.0 Å². The predicted octanol–water partition coefficient (Wildman–Crippen LogP) is 4.22. The van der Waals surface area contributed by atoms with Crippen molar-refractivity contribution < 1.29 is 22.3 Å². The van der Waals surface area contributed by atoms with E-state index in [4.69, 9.17) is 0 Å². The monoisotopic (exact) mass is 560 g/mol. The highest BCUT2D eigenvalue weighted by atomic mass is 127. The molecule has 2 aromatic carbocycles. The second-order valence-corrected chi connectivity index (χ2v) is 10.8. The number of sulfonamides is 1. The molecule has 1 heterocycles. The summed E-state index contributed by atoms with van der Waals surface area (Å²) in [6.45, 7) is 1.38. The van der Waals surface area contributed by atoms with Gasteiger partial charge in [-0.15, -0.1) is 0 Å². The van der Waals surface area contributed by atoms with Crippen molar-refractivity contribution in [3.8, 4) is 0 Å². The van der Waals surface area contributed by atoms with Crippen molar-refractivity contribution in [3.63, 3.8) is 0 Å². The average Bonchev–Trinajstić information content (AvgIpc) is 3.49. The van der Waals surface area contributed by atoms with Crippen LogP contribution in [0.1, 0.15) is 25.0 Å². The lowest BCUT2D eigenvalue weighted by Gasteiger charge is -2.21. The minimum absolute atomic E-state index is 0.0126. The van der Waals surface area contributed by atoms with Gasteiger partial charge in [-0.2, -0.15) is 0 Å². The van der Waals surface area contributed by atoms with E-state index in [2.05, 4.69) is 20.0 Å². The van der Waals surface area contributed by atoms with Gasteiger partial charge in [0.2, 0.25) is 10.0 Å². The van der Waals surface area contributed by atoms with E-state index in [0.717, 1.165) is 0 Å². The molecule has 3 N–H and O–H groups in total. The Bertz CT molecular complexity index is 1280. The number of anilines is 3. The Kier molecular flexibility index (Phi) is 5.77. The lowest BCUT2D eigenvalue weighted by Crippen LogP contribution is -2.31. The maximum atomic E-state index is 15.5. The van der Waals surface area contributed by atoms with Gasteiger partial charge in [0.05, 0.1) is 16.1 Å². The number of nitrogens with zero attached hydrogens (tertiary/aromatic N) is 2. The van der Waals surface area contributed by atoms with Gasteiger partial charge in [-0.3, -0.25) is 4.72 Å². The lowest BCUT2D eigenvalue weighted by molar-refractivity contribution is 0.283. The minimum atomic E-state index is -3.95. The molecule has 7 nitrogen and oxygen atoms in total. The number of hydrogen-bond donors (Lipinski definition) is 3. The smallest absolute Gasteiger partial charge is 0.238 e. The molecule has 4 rings (SSSR count). The topological polar surface area (TPSA) is 104 Å². The van der Waals surface area contributed by atoms with Crippen molar-refractivity contribution >= 4 is 60.6 Å². The zero-order chi connectivity index (χ0) is 22.4. The van der Waals surface area contributed by atoms with Crippen LogP contribution in [0, 0.1) is 22.1 Å². The number of benzene rings is 2. The van der Waals surface area contributed by atoms with E-state index in [0.29, 0.717) is 27.5 Å². The van der Waals surface area contributed by atoms with Crippen LogP contribution in [0.4, 0.5) is 25.8 Å². The number of halogens is 3. The van der Waals surface area contributed by atoms with E-state index >= 15 is 4.39 Å². The number of hydrogen-bond acceptors (Lipinski definition) is 6. The van der Waals surface area contributed by atoms with Crippen LogP contribution in [-0.4, -0.2) is 34.8 Å². The summed E-state index contributed by atoms with van der Waals surface area (Å²) in [6, 6.07) is 5.80. The Hall–Kier alpha value is -2.12. The highest BCUT2D eigenvalue weighted by Crippen LogP contribution is 2.48. The molecule has 1 aliphatic carbocycles. The highest BCUT2D eigenvalue weighted by molar-refractivity contribution is 14.1. The normalized spacial score (nSPS) is 15.1. The molecule has 1 saturated carbocycles. The molecular formula is C20H19F2IN4O3S. The average molecular weight is 560 g/mol. The summed E-state index contributed by atoms with van der Waals surface area (Å²) in [5, 5.41) is 12.3. The number of aromatic nitrogens is 2. The minimum Gasteiger partial charge on any atom is -0.396 e. The first-order valence-corrected chi connectivity index (χ1v) is 12.0. The molecule has 31 heavy (non-hydrogen) atoms. The molecule has 0 atom stereocenters. The lowest BCUT2D eigenvalue weighted by atomic mass is 10.1. The van der Waals surface area contributed by atoms with Crippen molar-refractivity contribution in [2.45, 2.75) is 30.9 Å². The molecule has 1 aliphatic rings. The zero-order valence-electron chi connectivity index (χ0n) is 16.4. The van der Waals surface area contributed by atoms with E-state index in [1.54, 1.807) is 13.0 Å². The van der Waals surface area contributed by atoms with Crippen LogP contribution in [0.5, 0.6) is 0 Å².